The summed E-state index contributed by atoms with van der Waals surface area (Å²) in [4.78, 5) is 0. The Morgan fingerprint density at radius 2 is 1.91 bits per heavy atom. The van der Waals surface area contributed by atoms with Crippen molar-refractivity contribution in [2.45, 2.75) is 0 Å². The first-order valence-corrected chi connectivity index (χ1v) is 7.39. The van der Waals surface area contributed by atoms with E-state index in [1.165, 1.54) is 0 Å². The molecule has 2 N–H and O–H groups in total. The minimum Gasteiger partial charge on any atom is -0.488 e. The van der Waals surface area contributed by atoms with Gasteiger partial charge >= 0.3 is 0 Å². The Balaban J connectivity index is 1.70. The summed E-state index contributed by atoms with van der Waals surface area (Å²) in [5.74, 6) is 1.63. The van der Waals surface area contributed by atoms with Crippen LogP contribution in [0.4, 0.5) is 5.69 Å². The summed E-state index contributed by atoms with van der Waals surface area (Å²) in [6.45, 7) is 0.368. The number of halogens is 1. The van der Waals surface area contributed by atoms with Crippen molar-refractivity contribution in [2.75, 3.05) is 12.3 Å². The number of benzene rings is 2. The lowest BCUT2D eigenvalue weighted by atomic mass is 10.1. The maximum Gasteiger partial charge on any atom is 0.248 e. The predicted molar refractivity (Wildman–Crippen MR) is 89.0 cm³/mol. The van der Waals surface area contributed by atoms with Crippen molar-refractivity contribution in [3.8, 4) is 17.2 Å². The molecule has 0 radical (unpaired) electrons. The van der Waals surface area contributed by atoms with Crippen molar-refractivity contribution in [3.63, 3.8) is 0 Å². The molecule has 0 fully saturated rings. The molecule has 0 bridgehead atoms. The molecule has 2 heterocycles. The van der Waals surface area contributed by atoms with E-state index in [9.17, 15) is 0 Å². The molecule has 0 saturated carbocycles. The van der Waals surface area contributed by atoms with E-state index in [-0.39, 0.29) is 0 Å². The van der Waals surface area contributed by atoms with E-state index in [2.05, 4.69) is 10.2 Å². The van der Waals surface area contributed by atoms with Crippen LogP contribution in [0, 0.1) is 0 Å². The number of hydrogen-bond acceptors (Lipinski definition) is 5. The summed E-state index contributed by atoms with van der Waals surface area (Å²) in [6, 6.07) is 12.8. The van der Waals surface area contributed by atoms with Gasteiger partial charge in [0.1, 0.15) is 12.4 Å². The smallest absolute Gasteiger partial charge is 0.248 e. The highest BCUT2D eigenvalue weighted by atomic mass is 35.5. The fraction of sp³-hybridized carbons (Fsp3) is 0.0588. The van der Waals surface area contributed by atoms with E-state index in [1.54, 1.807) is 18.2 Å². The van der Waals surface area contributed by atoms with E-state index < -0.39 is 0 Å². The van der Waals surface area contributed by atoms with E-state index >= 15 is 0 Å². The quantitative estimate of drug-likeness (QED) is 0.723. The number of nitrogens with zero attached hydrogens (tertiary/aromatic N) is 2. The Morgan fingerprint density at radius 3 is 2.78 bits per heavy atom. The summed E-state index contributed by atoms with van der Waals surface area (Å²) in [5, 5.41) is 8.83. The van der Waals surface area contributed by atoms with Crippen molar-refractivity contribution < 1.29 is 9.15 Å². The normalized spacial score (nSPS) is 13.2. The zero-order valence-corrected chi connectivity index (χ0v) is 12.7. The molecule has 1 aliphatic heterocycles. The Hall–Kier alpha value is -2.79. The second-order valence-electron chi connectivity index (χ2n) is 5.18. The van der Waals surface area contributed by atoms with Crippen LogP contribution in [0.1, 0.15) is 11.5 Å². The maximum absolute atomic E-state index is 6.02. The van der Waals surface area contributed by atoms with E-state index in [4.69, 9.17) is 26.5 Å². The molecule has 114 valence electrons. The topological polar surface area (TPSA) is 74.2 Å². The van der Waals surface area contributed by atoms with Crippen LogP contribution in [0.3, 0.4) is 0 Å². The summed E-state index contributed by atoms with van der Waals surface area (Å²) < 4.78 is 11.5. The second-order valence-corrected chi connectivity index (χ2v) is 5.61. The minimum absolute atomic E-state index is 0.368. The molecule has 2 aromatic carbocycles. The van der Waals surface area contributed by atoms with Crippen molar-refractivity contribution in [1.82, 2.24) is 10.2 Å². The Labute approximate surface area is 137 Å². The monoisotopic (exact) mass is 325 g/mol. The van der Waals surface area contributed by atoms with Crippen LogP contribution in [0.25, 0.3) is 23.1 Å². The lowest BCUT2D eigenvalue weighted by molar-refractivity contribution is 0.361. The van der Waals surface area contributed by atoms with Crippen molar-refractivity contribution in [2.24, 2.45) is 0 Å². The third kappa shape index (κ3) is 2.66. The Bertz CT molecular complexity index is 918. The average molecular weight is 326 g/mol. The zero-order chi connectivity index (χ0) is 15.8. The van der Waals surface area contributed by atoms with Crippen LogP contribution < -0.4 is 10.5 Å². The molecular formula is C17H12ClN3O2. The summed E-state index contributed by atoms with van der Waals surface area (Å²) in [5.41, 5.74) is 8.90. The van der Waals surface area contributed by atoms with Crippen LogP contribution in [0.2, 0.25) is 5.02 Å². The molecular weight excluding hydrogens is 314 g/mol. The molecule has 1 aliphatic rings. The summed E-state index contributed by atoms with van der Waals surface area (Å²) >= 11 is 6.02. The average Bonchev–Trinajstić information content (AvgIpc) is 3.04. The maximum atomic E-state index is 6.02. The van der Waals surface area contributed by atoms with Gasteiger partial charge in [0.15, 0.2) is 0 Å². The van der Waals surface area contributed by atoms with Gasteiger partial charge in [-0.1, -0.05) is 17.7 Å². The molecule has 0 spiro atoms. The van der Waals surface area contributed by atoms with Crippen molar-refractivity contribution in [3.05, 3.63) is 58.9 Å². The van der Waals surface area contributed by atoms with Gasteiger partial charge in [0.25, 0.3) is 0 Å². The molecule has 23 heavy (non-hydrogen) atoms. The van der Waals surface area contributed by atoms with Gasteiger partial charge in [0.2, 0.25) is 11.8 Å². The highest BCUT2D eigenvalue weighted by Gasteiger charge is 2.18. The van der Waals surface area contributed by atoms with Gasteiger partial charge in [0.05, 0.1) is 5.57 Å². The number of anilines is 1. The molecule has 5 nitrogen and oxygen atoms in total. The van der Waals surface area contributed by atoms with Gasteiger partial charge in [-0.25, -0.2) is 0 Å². The third-order valence-corrected chi connectivity index (χ3v) is 3.75. The number of nitrogen functional groups attached to an aromatic ring is 1. The lowest BCUT2D eigenvalue weighted by Gasteiger charge is -2.15. The van der Waals surface area contributed by atoms with E-state index in [1.807, 2.05) is 30.3 Å². The molecule has 0 amide bonds. The fourth-order valence-electron chi connectivity index (χ4n) is 2.41. The molecule has 3 aromatic rings. The van der Waals surface area contributed by atoms with Gasteiger partial charge in [-0.05, 0) is 42.5 Å². The SMILES string of the molecule is Nc1cccc(-c2nnc(C3=Cc4cc(Cl)ccc4OC3)o2)c1. The molecule has 1 aromatic heterocycles. The van der Waals surface area contributed by atoms with Crippen molar-refractivity contribution in [1.29, 1.82) is 0 Å². The summed E-state index contributed by atoms with van der Waals surface area (Å²) in [6.07, 6.45) is 1.95. The van der Waals surface area contributed by atoms with Crippen LogP contribution in [0.5, 0.6) is 5.75 Å². The van der Waals surface area contributed by atoms with Crippen LogP contribution in [-0.4, -0.2) is 16.8 Å². The lowest BCUT2D eigenvalue weighted by Crippen LogP contribution is -2.06. The van der Waals surface area contributed by atoms with Gasteiger partial charge in [-0.15, -0.1) is 10.2 Å². The van der Waals surface area contributed by atoms with Crippen LogP contribution in [0.15, 0.2) is 46.9 Å². The van der Waals surface area contributed by atoms with Gasteiger partial charge in [-0.2, -0.15) is 0 Å². The number of aromatic nitrogens is 2. The molecule has 0 atom stereocenters. The highest BCUT2D eigenvalue weighted by Crippen LogP contribution is 2.32. The number of ether oxygens (including phenoxy) is 1. The molecule has 0 unspecified atom stereocenters. The largest absolute Gasteiger partial charge is 0.488 e. The number of fused-ring (bicyclic) bond motifs is 1. The molecule has 6 heteroatoms. The fourth-order valence-corrected chi connectivity index (χ4v) is 2.59. The Kier molecular flexibility index (Phi) is 3.28. The first-order chi connectivity index (χ1) is 11.2. The van der Waals surface area contributed by atoms with Crippen LogP contribution in [-0.2, 0) is 0 Å². The van der Waals surface area contributed by atoms with Gasteiger partial charge in [-0.3, -0.25) is 0 Å². The second kappa shape index (κ2) is 5.44. The standard InChI is InChI=1S/C17H12ClN3O2/c18-13-4-5-15-11(7-13)6-12(9-22-15)17-21-20-16(23-17)10-2-1-3-14(19)8-10/h1-8H,9,19H2. The third-order valence-electron chi connectivity index (χ3n) is 3.52. The minimum atomic E-state index is 0.368. The molecule has 4 rings (SSSR count). The first-order valence-electron chi connectivity index (χ1n) is 7.02. The molecule has 0 aliphatic carbocycles. The predicted octanol–water partition coefficient (Wildman–Crippen LogP) is 3.91. The molecule has 0 saturated heterocycles. The summed E-state index contributed by atoms with van der Waals surface area (Å²) in [7, 11) is 0. The van der Waals surface area contributed by atoms with Crippen molar-refractivity contribution >= 4 is 28.9 Å². The highest BCUT2D eigenvalue weighted by molar-refractivity contribution is 6.30. The van der Waals surface area contributed by atoms with Gasteiger partial charge < -0.3 is 14.9 Å². The number of hydrogen-bond donors (Lipinski definition) is 1. The Morgan fingerprint density at radius 1 is 1.04 bits per heavy atom. The van der Waals surface area contributed by atoms with Crippen LogP contribution >= 0.6 is 11.6 Å². The number of rotatable bonds is 2. The zero-order valence-electron chi connectivity index (χ0n) is 12.0. The first kappa shape index (κ1) is 13.8. The van der Waals surface area contributed by atoms with E-state index in [0.717, 1.165) is 22.4 Å². The van der Waals surface area contributed by atoms with E-state index in [0.29, 0.717) is 29.1 Å². The van der Waals surface area contributed by atoms with Gasteiger partial charge in [0, 0.05) is 21.8 Å². The number of nitrogens with two attached hydrogens (primary N) is 1.